The summed E-state index contributed by atoms with van der Waals surface area (Å²) in [5.41, 5.74) is 4.69. The molecule has 0 aromatic carbocycles. The highest BCUT2D eigenvalue weighted by Crippen LogP contribution is 2.13. The summed E-state index contributed by atoms with van der Waals surface area (Å²) < 4.78 is 5.20. The normalized spacial score (nSPS) is 12.8. The van der Waals surface area contributed by atoms with E-state index in [1.165, 1.54) is 10.4 Å². The average molecular weight is 284 g/mol. The van der Waals surface area contributed by atoms with Gasteiger partial charge in [0.25, 0.3) is 0 Å². The van der Waals surface area contributed by atoms with Crippen LogP contribution in [-0.2, 0) is 16.1 Å². The van der Waals surface area contributed by atoms with Crippen molar-refractivity contribution in [2.75, 3.05) is 27.3 Å². The maximum Gasteiger partial charge on any atom is 0.120 e. The highest BCUT2D eigenvalue weighted by atomic mass is 32.1. The molecule has 0 fully saturated rings. The third-order valence-electron chi connectivity index (χ3n) is 2.94. The molecule has 0 aliphatic heterocycles. The van der Waals surface area contributed by atoms with Crippen molar-refractivity contribution in [1.29, 1.82) is 0 Å². The molecule has 1 heterocycles. The fourth-order valence-electron chi connectivity index (χ4n) is 2.01. The Kier molecular flexibility index (Phi) is 7.90. The summed E-state index contributed by atoms with van der Waals surface area (Å²) in [4.78, 5) is 11.8. The van der Waals surface area contributed by atoms with E-state index in [9.17, 15) is 4.79 Å². The molecular formula is C14H24N2O2S. The fraction of sp³-hybridized carbons (Fsp3) is 0.643. The minimum atomic E-state index is 0.387. The largest absolute Gasteiger partial charge is 0.384 e. The van der Waals surface area contributed by atoms with Gasteiger partial charge in [0.05, 0.1) is 6.61 Å². The number of ether oxygens (including phenoxy) is 1. The predicted molar refractivity (Wildman–Crippen MR) is 79.2 cm³/mol. The Bertz CT molecular complexity index is 368. The Labute approximate surface area is 119 Å². The number of carbonyl (C=O) groups excluding carboxylic acids is 1. The number of aryl methyl sites for hydroxylation is 1. The van der Waals surface area contributed by atoms with Gasteiger partial charge in [0.2, 0.25) is 0 Å². The van der Waals surface area contributed by atoms with Crippen LogP contribution in [-0.4, -0.2) is 38.6 Å². The molecule has 1 atom stereocenters. The quantitative estimate of drug-likeness (QED) is 0.528. The molecule has 0 saturated carbocycles. The molecular weight excluding hydrogens is 260 g/mol. The maximum atomic E-state index is 10.4. The van der Waals surface area contributed by atoms with Gasteiger partial charge in [0, 0.05) is 38.5 Å². The molecule has 0 saturated heterocycles. The van der Waals surface area contributed by atoms with Crippen molar-refractivity contribution in [2.24, 2.45) is 5.92 Å². The molecule has 0 aliphatic carbocycles. The van der Waals surface area contributed by atoms with Crippen LogP contribution in [0.25, 0.3) is 0 Å². The van der Waals surface area contributed by atoms with Crippen LogP contribution in [0.15, 0.2) is 11.4 Å². The van der Waals surface area contributed by atoms with E-state index in [1.807, 2.05) is 7.05 Å². The zero-order chi connectivity index (χ0) is 14.1. The van der Waals surface area contributed by atoms with Crippen LogP contribution in [0.2, 0.25) is 0 Å². The van der Waals surface area contributed by atoms with Gasteiger partial charge in [-0.1, -0.05) is 0 Å². The van der Waals surface area contributed by atoms with Crippen LogP contribution in [0, 0.1) is 12.8 Å². The van der Waals surface area contributed by atoms with E-state index in [2.05, 4.69) is 28.8 Å². The van der Waals surface area contributed by atoms with E-state index in [-0.39, 0.29) is 0 Å². The molecule has 4 nitrogen and oxygen atoms in total. The van der Waals surface area contributed by atoms with Crippen molar-refractivity contribution in [1.82, 2.24) is 10.4 Å². The summed E-state index contributed by atoms with van der Waals surface area (Å²) in [5, 5.41) is 4.25. The number of hydrazine groups is 1. The van der Waals surface area contributed by atoms with Crippen LogP contribution >= 0.6 is 11.3 Å². The molecule has 1 rings (SSSR count). The van der Waals surface area contributed by atoms with Crippen LogP contribution < -0.4 is 5.43 Å². The number of hydrogen-bond donors (Lipinski definition) is 1. The average Bonchev–Trinajstić information content (AvgIpc) is 2.80. The van der Waals surface area contributed by atoms with Crippen LogP contribution in [0.3, 0.4) is 0 Å². The molecule has 108 valence electrons. The smallest absolute Gasteiger partial charge is 0.120 e. The third-order valence-corrected chi connectivity index (χ3v) is 3.99. The molecule has 19 heavy (non-hydrogen) atoms. The van der Waals surface area contributed by atoms with Gasteiger partial charge in [0.1, 0.15) is 6.29 Å². The first-order valence-electron chi connectivity index (χ1n) is 6.57. The first-order valence-corrected chi connectivity index (χ1v) is 7.45. The lowest BCUT2D eigenvalue weighted by molar-refractivity contribution is -0.108. The molecule has 5 heteroatoms. The fourth-order valence-corrected chi connectivity index (χ4v) is 2.82. The molecule has 0 radical (unpaired) electrons. The second kappa shape index (κ2) is 9.20. The molecule has 1 aromatic rings. The number of thiophene rings is 1. The standard InChI is InChI=1S/C14H24N2O2S/c1-12-7-14(19-11-12)8-15-16(2)9-13(10-18-3)5-4-6-17/h6-7,11,13,15H,4-5,8-10H2,1-3H3. The van der Waals surface area contributed by atoms with E-state index in [4.69, 9.17) is 4.74 Å². The minimum Gasteiger partial charge on any atom is -0.384 e. The van der Waals surface area contributed by atoms with E-state index in [0.29, 0.717) is 18.9 Å². The second-order valence-corrected chi connectivity index (χ2v) is 5.87. The zero-order valence-electron chi connectivity index (χ0n) is 12.0. The summed E-state index contributed by atoms with van der Waals surface area (Å²) in [6.45, 7) is 4.53. The predicted octanol–water partition coefficient (Wildman–Crippen LogP) is 2.23. The van der Waals surface area contributed by atoms with Gasteiger partial charge >= 0.3 is 0 Å². The number of methoxy groups -OCH3 is 1. The molecule has 0 spiro atoms. The Balaban J connectivity index is 2.30. The Morgan fingerprint density at radius 1 is 1.58 bits per heavy atom. The highest BCUT2D eigenvalue weighted by Gasteiger charge is 2.11. The number of nitrogens with one attached hydrogen (secondary N) is 1. The van der Waals surface area contributed by atoms with Crippen molar-refractivity contribution < 1.29 is 9.53 Å². The summed E-state index contributed by atoms with van der Waals surface area (Å²) in [5.74, 6) is 0.387. The lowest BCUT2D eigenvalue weighted by Gasteiger charge is -2.23. The lowest BCUT2D eigenvalue weighted by Crippen LogP contribution is -2.38. The van der Waals surface area contributed by atoms with E-state index >= 15 is 0 Å². The van der Waals surface area contributed by atoms with E-state index < -0.39 is 0 Å². The number of rotatable bonds is 10. The Hall–Kier alpha value is -0.750. The first kappa shape index (κ1) is 16.3. The summed E-state index contributed by atoms with van der Waals surface area (Å²) >= 11 is 1.77. The van der Waals surface area contributed by atoms with Crippen molar-refractivity contribution in [3.05, 3.63) is 21.9 Å². The van der Waals surface area contributed by atoms with E-state index in [0.717, 1.165) is 25.8 Å². The molecule has 0 amide bonds. The first-order chi connectivity index (χ1) is 9.15. The van der Waals surface area contributed by atoms with Gasteiger partial charge in [-0.05, 0) is 36.3 Å². The summed E-state index contributed by atoms with van der Waals surface area (Å²) in [7, 11) is 3.74. The third kappa shape index (κ3) is 6.82. The number of carbonyl (C=O) groups is 1. The van der Waals surface area contributed by atoms with Crippen LogP contribution in [0.1, 0.15) is 23.3 Å². The van der Waals surface area contributed by atoms with Gasteiger partial charge in [0.15, 0.2) is 0 Å². The van der Waals surface area contributed by atoms with Crippen molar-refractivity contribution >= 4 is 17.6 Å². The highest BCUT2D eigenvalue weighted by molar-refractivity contribution is 7.10. The van der Waals surface area contributed by atoms with Gasteiger partial charge in [-0.2, -0.15) is 0 Å². The molecule has 1 N–H and O–H groups in total. The van der Waals surface area contributed by atoms with Gasteiger partial charge in [-0.3, -0.25) is 5.43 Å². The second-order valence-electron chi connectivity index (χ2n) is 4.87. The molecule has 0 bridgehead atoms. The number of nitrogens with zero attached hydrogens (tertiary/aromatic N) is 1. The van der Waals surface area contributed by atoms with Crippen LogP contribution in [0.4, 0.5) is 0 Å². The summed E-state index contributed by atoms with van der Waals surface area (Å²) in [6.07, 6.45) is 2.46. The maximum absolute atomic E-state index is 10.4. The Morgan fingerprint density at radius 3 is 2.95 bits per heavy atom. The minimum absolute atomic E-state index is 0.387. The molecule has 1 aromatic heterocycles. The van der Waals surface area contributed by atoms with Crippen molar-refractivity contribution in [3.8, 4) is 0 Å². The monoisotopic (exact) mass is 284 g/mol. The van der Waals surface area contributed by atoms with Gasteiger partial charge in [-0.15, -0.1) is 11.3 Å². The topological polar surface area (TPSA) is 41.6 Å². The van der Waals surface area contributed by atoms with Gasteiger partial charge in [-0.25, -0.2) is 5.01 Å². The van der Waals surface area contributed by atoms with E-state index in [1.54, 1.807) is 18.4 Å². The van der Waals surface area contributed by atoms with Gasteiger partial charge < -0.3 is 9.53 Å². The number of aldehydes is 1. The van der Waals surface area contributed by atoms with Crippen molar-refractivity contribution in [3.63, 3.8) is 0 Å². The van der Waals surface area contributed by atoms with Crippen molar-refractivity contribution in [2.45, 2.75) is 26.3 Å². The summed E-state index contributed by atoms with van der Waals surface area (Å²) in [6, 6.07) is 2.20. The zero-order valence-corrected chi connectivity index (χ0v) is 12.8. The number of hydrogen-bond acceptors (Lipinski definition) is 5. The molecule has 0 aliphatic rings. The lowest BCUT2D eigenvalue weighted by atomic mass is 10.0. The van der Waals surface area contributed by atoms with Crippen LogP contribution in [0.5, 0.6) is 0 Å². The Morgan fingerprint density at radius 2 is 2.37 bits per heavy atom. The SMILES string of the molecule is COCC(CCC=O)CN(C)NCc1cc(C)cs1. The molecule has 1 unspecified atom stereocenters.